The number of rotatable bonds is 5. The van der Waals surface area contributed by atoms with Gasteiger partial charge in [-0.25, -0.2) is 4.79 Å². The molecular formula is C15H20Cl2N2O3. The van der Waals surface area contributed by atoms with Gasteiger partial charge >= 0.3 is 6.03 Å². The smallest absolute Gasteiger partial charge is 0.314 e. The van der Waals surface area contributed by atoms with Crippen molar-refractivity contribution < 1.29 is 14.6 Å². The number of amides is 2. The number of halogens is 2. The topological polar surface area (TPSA) is 70.6 Å². The average molecular weight is 347 g/mol. The Labute approximate surface area is 139 Å². The molecule has 1 saturated heterocycles. The first-order valence-corrected chi connectivity index (χ1v) is 8.00. The van der Waals surface area contributed by atoms with Crippen LogP contribution in [0.25, 0.3) is 0 Å². The zero-order valence-electron chi connectivity index (χ0n) is 12.2. The van der Waals surface area contributed by atoms with Crippen LogP contribution in [0.15, 0.2) is 18.2 Å². The molecule has 1 aromatic rings. The summed E-state index contributed by atoms with van der Waals surface area (Å²) in [6.45, 7) is 1.67. The van der Waals surface area contributed by atoms with E-state index in [2.05, 4.69) is 10.6 Å². The predicted molar refractivity (Wildman–Crippen MR) is 86.6 cm³/mol. The van der Waals surface area contributed by atoms with E-state index in [1.807, 2.05) is 0 Å². The third kappa shape index (κ3) is 5.02. The molecule has 0 radical (unpaired) electrons. The molecule has 2 amide bonds. The highest BCUT2D eigenvalue weighted by molar-refractivity contribution is 6.35. The van der Waals surface area contributed by atoms with Crippen molar-refractivity contribution in [1.82, 2.24) is 10.6 Å². The molecule has 0 aromatic heterocycles. The summed E-state index contributed by atoms with van der Waals surface area (Å²) in [4.78, 5) is 11.8. The molecule has 1 heterocycles. The lowest BCUT2D eigenvalue weighted by molar-refractivity contribution is -0.0600. The van der Waals surface area contributed by atoms with Crippen LogP contribution in [-0.4, -0.2) is 43.0 Å². The first-order valence-electron chi connectivity index (χ1n) is 7.25. The quantitative estimate of drug-likeness (QED) is 0.766. The zero-order chi connectivity index (χ0) is 16.0. The lowest BCUT2D eigenvalue weighted by atomic mass is 9.94. The molecule has 7 heteroatoms. The van der Waals surface area contributed by atoms with E-state index in [0.717, 1.165) is 5.56 Å². The Morgan fingerprint density at radius 3 is 2.50 bits per heavy atom. The maximum atomic E-state index is 11.8. The highest BCUT2D eigenvalue weighted by atomic mass is 35.5. The molecule has 0 bridgehead atoms. The van der Waals surface area contributed by atoms with Crippen molar-refractivity contribution in [2.45, 2.75) is 24.9 Å². The summed E-state index contributed by atoms with van der Waals surface area (Å²) in [5.41, 5.74) is -0.0593. The van der Waals surface area contributed by atoms with E-state index in [9.17, 15) is 9.90 Å². The van der Waals surface area contributed by atoms with Crippen LogP contribution in [0.3, 0.4) is 0 Å². The van der Waals surface area contributed by atoms with E-state index in [0.29, 0.717) is 49.1 Å². The number of hydrogen-bond donors (Lipinski definition) is 3. The van der Waals surface area contributed by atoms with Crippen LogP contribution < -0.4 is 10.6 Å². The summed E-state index contributed by atoms with van der Waals surface area (Å²) < 4.78 is 5.19. The molecule has 22 heavy (non-hydrogen) atoms. The van der Waals surface area contributed by atoms with Gasteiger partial charge in [-0.15, -0.1) is 0 Å². The normalized spacial score (nSPS) is 17.0. The summed E-state index contributed by atoms with van der Waals surface area (Å²) in [5.74, 6) is 0. The van der Waals surface area contributed by atoms with Gasteiger partial charge in [0.1, 0.15) is 0 Å². The summed E-state index contributed by atoms with van der Waals surface area (Å²) in [7, 11) is 0. The molecule has 1 aromatic carbocycles. The number of aliphatic hydroxyl groups is 1. The second-order valence-corrected chi connectivity index (χ2v) is 6.21. The second kappa shape index (κ2) is 8.02. The van der Waals surface area contributed by atoms with E-state index in [4.69, 9.17) is 27.9 Å². The largest absolute Gasteiger partial charge is 0.388 e. The van der Waals surface area contributed by atoms with E-state index in [1.54, 1.807) is 18.2 Å². The third-order valence-corrected chi connectivity index (χ3v) is 4.43. The molecule has 1 aliphatic rings. The highest BCUT2D eigenvalue weighted by Gasteiger charge is 2.29. The molecular weight excluding hydrogens is 327 g/mol. The molecule has 5 nitrogen and oxygen atoms in total. The number of carbonyl (C=O) groups excluding carboxylic acids is 1. The SMILES string of the molecule is O=C(NCCc1c(Cl)cccc1Cl)NCC1(O)CCOCC1. The molecule has 1 aliphatic heterocycles. The minimum absolute atomic E-state index is 0.217. The Bertz CT molecular complexity index is 499. The van der Waals surface area contributed by atoms with Crippen molar-refractivity contribution in [2.24, 2.45) is 0 Å². The standard InChI is InChI=1S/C15H20Cl2N2O3/c16-12-2-1-3-13(17)11(12)4-7-18-14(20)19-10-15(21)5-8-22-9-6-15/h1-3,21H,4-10H2,(H2,18,19,20). The first-order chi connectivity index (χ1) is 10.5. The third-order valence-electron chi connectivity index (χ3n) is 3.72. The van der Waals surface area contributed by atoms with Crippen LogP contribution in [0.1, 0.15) is 18.4 Å². The van der Waals surface area contributed by atoms with Gasteiger partial charge in [-0.1, -0.05) is 29.3 Å². The molecule has 3 N–H and O–H groups in total. The zero-order valence-corrected chi connectivity index (χ0v) is 13.7. The fourth-order valence-corrected chi connectivity index (χ4v) is 2.89. The molecule has 0 unspecified atom stereocenters. The van der Waals surface area contributed by atoms with Gasteiger partial charge in [-0.3, -0.25) is 0 Å². The van der Waals surface area contributed by atoms with Crippen LogP contribution in [-0.2, 0) is 11.2 Å². The molecule has 0 spiro atoms. The van der Waals surface area contributed by atoms with Gasteiger partial charge in [-0.2, -0.15) is 0 Å². The fourth-order valence-electron chi connectivity index (χ4n) is 2.31. The Hall–Kier alpha value is -1.01. The van der Waals surface area contributed by atoms with E-state index < -0.39 is 5.60 Å². The minimum atomic E-state index is -0.873. The van der Waals surface area contributed by atoms with Gasteiger partial charge in [-0.05, 0) is 24.1 Å². The lowest BCUT2D eigenvalue weighted by Crippen LogP contribution is -2.49. The Balaban J connectivity index is 1.72. The number of urea groups is 1. The van der Waals surface area contributed by atoms with Gasteiger partial charge in [0, 0.05) is 49.2 Å². The fraction of sp³-hybridized carbons (Fsp3) is 0.533. The summed E-state index contributed by atoms with van der Waals surface area (Å²) >= 11 is 12.1. The Morgan fingerprint density at radius 1 is 1.23 bits per heavy atom. The number of hydrogen-bond acceptors (Lipinski definition) is 3. The van der Waals surface area contributed by atoms with Gasteiger partial charge in [0.25, 0.3) is 0 Å². The van der Waals surface area contributed by atoms with Crippen molar-refractivity contribution in [3.8, 4) is 0 Å². The van der Waals surface area contributed by atoms with Gasteiger partial charge in [0.15, 0.2) is 0 Å². The molecule has 1 fully saturated rings. The van der Waals surface area contributed by atoms with Gasteiger partial charge in [0.2, 0.25) is 0 Å². The number of benzene rings is 1. The van der Waals surface area contributed by atoms with Crippen LogP contribution in [0, 0.1) is 0 Å². The van der Waals surface area contributed by atoms with Crippen LogP contribution in [0.5, 0.6) is 0 Å². The second-order valence-electron chi connectivity index (χ2n) is 5.40. The van der Waals surface area contributed by atoms with Crippen LogP contribution in [0.4, 0.5) is 4.79 Å². The van der Waals surface area contributed by atoms with Crippen molar-refractivity contribution in [3.05, 3.63) is 33.8 Å². The minimum Gasteiger partial charge on any atom is -0.388 e. The van der Waals surface area contributed by atoms with Gasteiger partial charge < -0.3 is 20.5 Å². The maximum Gasteiger partial charge on any atom is 0.314 e. The first kappa shape index (κ1) is 17.3. The Morgan fingerprint density at radius 2 is 1.86 bits per heavy atom. The summed E-state index contributed by atoms with van der Waals surface area (Å²) in [6, 6.07) is 5.00. The summed E-state index contributed by atoms with van der Waals surface area (Å²) in [6.07, 6.45) is 1.61. The highest BCUT2D eigenvalue weighted by Crippen LogP contribution is 2.24. The number of ether oxygens (including phenoxy) is 1. The number of nitrogens with one attached hydrogen (secondary N) is 2. The Kier molecular flexibility index (Phi) is 6.32. The summed E-state index contributed by atoms with van der Waals surface area (Å²) in [5, 5.41) is 16.8. The molecule has 122 valence electrons. The maximum absolute atomic E-state index is 11.8. The van der Waals surface area contributed by atoms with Crippen molar-refractivity contribution in [3.63, 3.8) is 0 Å². The van der Waals surface area contributed by atoms with Gasteiger partial charge in [0.05, 0.1) is 5.60 Å². The molecule has 0 aliphatic carbocycles. The monoisotopic (exact) mass is 346 g/mol. The van der Waals surface area contributed by atoms with E-state index in [1.165, 1.54) is 0 Å². The molecule has 0 atom stereocenters. The average Bonchev–Trinajstić information content (AvgIpc) is 2.49. The van der Waals surface area contributed by atoms with Crippen LogP contribution in [0.2, 0.25) is 10.0 Å². The number of carbonyl (C=O) groups is 1. The van der Waals surface area contributed by atoms with Crippen LogP contribution >= 0.6 is 23.2 Å². The lowest BCUT2D eigenvalue weighted by Gasteiger charge is -2.32. The van der Waals surface area contributed by atoms with Crippen molar-refractivity contribution >= 4 is 29.2 Å². The molecule has 0 saturated carbocycles. The van der Waals surface area contributed by atoms with Crippen molar-refractivity contribution in [1.29, 1.82) is 0 Å². The van der Waals surface area contributed by atoms with E-state index in [-0.39, 0.29) is 12.6 Å². The predicted octanol–water partition coefficient (Wildman–Crippen LogP) is 2.38. The molecule has 2 rings (SSSR count). The van der Waals surface area contributed by atoms with E-state index >= 15 is 0 Å². The van der Waals surface area contributed by atoms with Crippen molar-refractivity contribution in [2.75, 3.05) is 26.3 Å².